The van der Waals surface area contributed by atoms with Gasteiger partial charge in [-0.1, -0.05) is 106 Å². The maximum atomic E-state index is 11.0. The predicted molar refractivity (Wildman–Crippen MR) is 165 cm³/mol. The molecule has 0 amide bonds. The lowest BCUT2D eigenvalue weighted by molar-refractivity contribution is 0.306. The number of hydrogen-bond acceptors (Lipinski definition) is 2. The highest BCUT2D eigenvalue weighted by Gasteiger charge is 2.26. The van der Waals surface area contributed by atoms with Gasteiger partial charge in [-0.05, 0) is 99.1 Å². The Morgan fingerprint density at radius 2 is 1.24 bits per heavy atom. The highest BCUT2D eigenvalue weighted by atomic mass is 16.3. The molecule has 206 valence electrons. The first-order valence-corrected chi connectivity index (χ1v) is 14.3. The van der Waals surface area contributed by atoms with E-state index in [1.807, 2.05) is 0 Å². The van der Waals surface area contributed by atoms with Crippen molar-refractivity contribution in [3.63, 3.8) is 0 Å². The first kappa shape index (κ1) is 29.8. The quantitative estimate of drug-likeness (QED) is 0.314. The molecule has 0 saturated heterocycles. The highest BCUT2D eigenvalue weighted by molar-refractivity contribution is 5.52. The molecule has 1 unspecified atom stereocenters. The van der Waals surface area contributed by atoms with Gasteiger partial charge in [0.2, 0.25) is 0 Å². The molecule has 0 aromatic heterocycles. The Bertz CT molecular complexity index is 1160. The predicted octanol–water partition coefficient (Wildman–Crippen LogP) is 9.80. The van der Waals surface area contributed by atoms with Gasteiger partial charge in [-0.25, -0.2) is 0 Å². The van der Waals surface area contributed by atoms with Crippen LogP contribution in [0.4, 0.5) is 5.69 Å². The zero-order valence-corrected chi connectivity index (χ0v) is 25.6. The van der Waals surface area contributed by atoms with Crippen LogP contribution in [0, 0.1) is 11.3 Å². The van der Waals surface area contributed by atoms with E-state index in [1.54, 1.807) is 0 Å². The number of rotatable bonds is 8. The van der Waals surface area contributed by atoms with Crippen LogP contribution in [-0.2, 0) is 30.2 Å². The Labute approximate surface area is 232 Å². The van der Waals surface area contributed by atoms with Crippen molar-refractivity contribution >= 4 is 5.69 Å². The summed E-state index contributed by atoms with van der Waals surface area (Å²) >= 11 is 0. The molecule has 38 heavy (non-hydrogen) atoms. The summed E-state index contributed by atoms with van der Waals surface area (Å²) in [5.74, 6) is 1.10. The van der Waals surface area contributed by atoms with Crippen LogP contribution in [0.2, 0.25) is 0 Å². The summed E-state index contributed by atoms with van der Waals surface area (Å²) in [5.41, 5.74) is 8.68. The molecule has 2 heteroatoms. The average Bonchev–Trinajstić information content (AvgIpc) is 2.78. The van der Waals surface area contributed by atoms with Crippen LogP contribution in [0.1, 0.15) is 109 Å². The molecule has 0 radical (unpaired) electrons. The van der Waals surface area contributed by atoms with Crippen molar-refractivity contribution in [2.24, 2.45) is 11.3 Å². The second-order valence-corrected chi connectivity index (χ2v) is 14.6. The largest absolute Gasteiger partial charge is 0.507 e. The Balaban J connectivity index is 1.72. The van der Waals surface area contributed by atoms with Crippen LogP contribution in [0.3, 0.4) is 0 Å². The fourth-order valence-electron chi connectivity index (χ4n) is 5.53. The molecule has 0 heterocycles. The van der Waals surface area contributed by atoms with Gasteiger partial charge in [-0.3, -0.25) is 0 Å². The van der Waals surface area contributed by atoms with Gasteiger partial charge in [0.1, 0.15) is 5.75 Å². The molecular weight excluding hydrogens is 462 g/mol. The minimum absolute atomic E-state index is 0.122. The minimum atomic E-state index is -0.122. The summed E-state index contributed by atoms with van der Waals surface area (Å²) in [7, 11) is 0. The van der Waals surface area contributed by atoms with Crippen molar-refractivity contribution in [1.29, 1.82) is 0 Å². The number of phenols is 1. The second kappa shape index (κ2) is 11.6. The minimum Gasteiger partial charge on any atom is -0.507 e. The topological polar surface area (TPSA) is 32.3 Å². The molecule has 1 atom stereocenters. The van der Waals surface area contributed by atoms with E-state index in [9.17, 15) is 5.11 Å². The van der Waals surface area contributed by atoms with E-state index in [-0.39, 0.29) is 10.8 Å². The van der Waals surface area contributed by atoms with Crippen molar-refractivity contribution in [2.75, 3.05) is 5.32 Å². The lowest BCUT2D eigenvalue weighted by atomic mass is 9.78. The maximum absolute atomic E-state index is 11.0. The molecular formula is C36H51NO. The fraction of sp³-hybridized carbons (Fsp3) is 0.500. The molecule has 3 aromatic rings. The van der Waals surface area contributed by atoms with Gasteiger partial charge in [0, 0.05) is 12.2 Å². The Kier molecular flexibility index (Phi) is 9.07. The van der Waals surface area contributed by atoms with Crippen LogP contribution in [0.15, 0.2) is 60.7 Å². The summed E-state index contributed by atoms with van der Waals surface area (Å²) in [6.45, 7) is 23.1. The van der Waals surface area contributed by atoms with Crippen molar-refractivity contribution < 1.29 is 5.11 Å². The standard InChI is InChI=1S/C36H51NO/c1-25(23-34(2,3)4)19-28-13-11-12-14-29(28)20-26-15-17-30(18-16-26)37-24-27-21-31(35(5,6)7)33(38)32(22-27)36(8,9)10/h11-18,21-22,25,37-38H,19-20,23-24H2,1-10H3. The van der Waals surface area contributed by atoms with Crippen LogP contribution >= 0.6 is 0 Å². The monoisotopic (exact) mass is 513 g/mol. The van der Waals surface area contributed by atoms with E-state index in [0.717, 1.165) is 36.2 Å². The third kappa shape index (κ3) is 8.38. The van der Waals surface area contributed by atoms with Crippen LogP contribution in [0.25, 0.3) is 0 Å². The third-order valence-electron chi connectivity index (χ3n) is 7.28. The van der Waals surface area contributed by atoms with E-state index < -0.39 is 0 Å². The van der Waals surface area contributed by atoms with E-state index in [0.29, 0.717) is 17.1 Å². The van der Waals surface area contributed by atoms with Crippen LogP contribution in [0.5, 0.6) is 5.75 Å². The number of benzene rings is 3. The van der Waals surface area contributed by atoms with Gasteiger partial charge in [0.05, 0.1) is 0 Å². The zero-order valence-electron chi connectivity index (χ0n) is 25.6. The number of hydrogen-bond donors (Lipinski definition) is 2. The molecule has 0 aliphatic heterocycles. The van der Waals surface area contributed by atoms with Gasteiger partial charge >= 0.3 is 0 Å². The number of phenolic OH excluding ortho intramolecular Hbond substituents is 1. The third-order valence-corrected chi connectivity index (χ3v) is 7.28. The molecule has 2 nitrogen and oxygen atoms in total. The molecule has 2 N–H and O–H groups in total. The molecule has 0 bridgehead atoms. The maximum Gasteiger partial charge on any atom is 0.123 e. The zero-order chi connectivity index (χ0) is 28.3. The SMILES string of the molecule is CC(Cc1ccccc1Cc1ccc(NCc2cc(C(C)(C)C)c(O)c(C(C)(C)C)c2)cc1)CC(C)(C)C. The van der Waals surface area contributed by atoms with Gasteiger partial charge in [0.25, 0.3) is 0 Å². The summed E-state index contributed by atoms with van der Waals surface area (Å²) < 4.78 is 0. The van der Waals surface area contributed by atoms with Crippen molar-refractivity contribution in [3.05, 3.63) is 94.0 Å². The normalized spacial score (nSPS) is 13.4. The van der Waals surface area contributed by atoms with Crippen molar-refractivity contribution in [3.8, 4) is 5.75 Å². The van der Waals surface area contributed by atoms with E-state index in [4.69, 9.17) is 0 Å². The first-order valence-electron chi connectivity index (χ1n) is 14.3. The highest BCUT2D eigenvalue weighted by Crippen LogP contribution is 2.40. The number of aromatic hydroxyl groups is 1. The Morgan fingerprint density at radius 1 is 0.711 bits per heavy atom. The molecule has 3 rings (SSSR count). The summed E-state index contributed by atoms with van der Waals surface area (Å²) in [5, 5.41) is 14.6. The Hall–Kier alpha value is -2.74. The van der Waals surface area contributed by atoms with Crippen LogP contribution < -0.4 is 5.32 Å². The van der Waals surface area contributed by atoms with E-state index in [1.165, 1.54) is 28.7 Å². The van der Waals surface area contributed by atoms with Gasteiger partial charge in [-0.2, -0.15) is 0 Å². The van der Waals surface area contributed by atoms with Crippen molar-refractivity contribution in [2.45, 2.75) is 106 Å². The second-order valence-electron chi connectivity index (χ2n) is 14.6. The number of anilines is 1. The summed E-state index contributed by atoms with van der Waals surface area (Å²) in [4.78, 5) is 0. The molecule has 0 spiro atoms. The smallest absolute Gasteiger partial charge is 0.123 e. The van der Waals surface area contributed by atoms with Crippen LogP contribution in [-0.4, -0.2) is 5.11 Å². The lowest BCUT2D eigenvalue weighted by Gasteiger charge is -2.28. The summed E-state index contributed by atoms with van der Waals surface area (Å²) in [6, 6.07) is 22.1. The molecule has 3 aromatic carbocycles. The fourth-order valence-corrected chi connectivity index (χ4v) is 5.53. The van der Waals surface area contributed by atoms with Crippen molar-refractivity contribution in [1.82, 2.24) is 0 Å². The molecule has 0 aliphatic carbocycles. The van der Waals surface area contributed by atoms with E-state index >= 15 is 0 Å². The molecule has 0 fully saturated rings. The molecule has 0 saturated carbocycles. The first-order chi connectivity index (χ1) is 17.5. The van der Waals surface area contributed by atoms with Gasteiger partial charge < -0.3 is 10.4 Å². The average molecular weight is 514 g/mol. The summed E-state index contributed by atoms with van der Waals surface area (Å²) in [6.07, 6.45) is 3.32. The number of nitrogens with one attached hydrogen (secondary N) is 1. The van der Waals surface area contributed by atoms with Gasteiger partial charge in [-0.15, -0.1) is 0 Å². The lowest BCUT2D eigenvalue weighted by Crippen LogP contribution is -2.18. The Morgan fingerprint density at radius 3 is 1.74 bits per heavy atom. The molecule has 0 aliphatic rings. The van der Waals surface area contributed by atoms with E-state index in [2.05, 4.69) is 135 Å². The van der Waals surface area contributed by atoms with Gasteiger partial charge in [0.15, 0.2) is 0 Å².